The first-order valence-corrected chi connectivity index (χ1v) is 12.3. The fourth-order valence-corrected chi connectivity index (χ4v) is 2.36. The van der Waals surface area contributed by atoms with Gasteiger partial charge in [0, 0.05) is 0 Å². The van der Waals surface area contributed by atoms with Crippen molar-refractivity contribution < 1.29 is 20.8 Å². The molecule has 1 aliphatic carbocycles. The van der Waals surface area contributed by atoms with Gasteiger partial charge in [0.05, 0.1) is 0 Å². The molecule has 0 bridgehead atoms. The van der Waals surface area contributed by atoms with Crippen LogP contribution in [0.15, 0.2) is 17.7 Å². The van der Waals surface area contributed by atoms with Crippen molar-refractivity contribution in [3.8, 4) is 0 Å². The monoisotopic (exact) mass is 346 g/mol. The van der Waals surface area contributed by atoms with Crippen LogP contribution < -0.4 is 0 Å². The summed E-state index contributed by atoms with van der Waals surface area (Å²) in [5.41, 5.74) is 7.66. The number of halogens is 2. The van der Waals surface area contributed by atoms with Gasteiger partial charge in [-0.1, -0.05) is 37.6 Å². The van der Waals surface area contributed by atoms with Gasteiger partial charge in [-0.25, -0.2) is 0 Å². The van der Waals surface area contributed by atoms with Crippen molar-refractivity contribution in [2.45, 2.75) is 40.0 Å². The fourth-order valence-electron chi connectivity index (χ4n) is 2.36. The molecule has 0 heterocycles. The van der Waals surface area contributed by atoms with Crippen LogP contribution in [-0.4, -0.2) is 0 Å². The Hall–Kier alpha value is 0.423. The number of rotatable bonds is 2. The van der Waals surface area contributed by atoms with E-state index in [4.69, 9.17) is 17.0 Å². The van der Waals surface area contributed by atoms with Gasteiger partial charge in [0.15, 0.2) is 0 Å². The van der Waals surface area contributed by atoms with Gasteiger partial charge in [-0.15, -0.1) is 0 Å². The maximum absolute atomic E-state index is 4.93. The summed E-state index contributed by atoms with van der Waals surface area (Å²) < 4.78 is 0. The SMILES string of the molecule is CCc1ccc(CC)c2c1C=C(C)C2.[Cl][Zr][Cl]. The average molecular weight is 348 g/mol. The number of fused-ring (bicyclic) bond motifs is 1. The molecule has 0 fully saturated rings. The Kier molecular flexibility index (Phi) is 7.08. The zero-order chi connectivity index (χ0) is 12.8. The van der Waals surface area contributed by atoms with Crippen LogP contribution in [0.5, 0.6) is 0 Å². The van der Waals surface area contributed by atoms with Gasteiger partial charge in [-0.2, -0.15) is 0 Å². The standard InChI is InChI=1S/C14H18.2ClH.Zr/c1-4-11-6-7-12(5-2)14-9-10(3)8-13(11)14;;;/h6-8H,4-5,9H2,1-3H3;2*1H;/q;;;+2/p-2. The molecular formula is C14H18Cl2Zr. The number of allylic oxidation sites excluding steroid dienone is 1. The summed E-state index contributed by atoms with van der Waals surface area (Å²) in [7, 11) is 9.87. The molecule has 0 atom stereocenters. The van der Waals surface area contributed by atoms with E-state index in [2.05, 4.69) is 39.0 Å². The zero-order valence-electron chi connectivity index (χ0n) is 10.6. The van der Waals surface area contributed by atoms with Crippen LogP contribution >= 0.6 is 17.0 Å². The van der Waals surface area contributed by atoms with E-state index >= 15 is 0 Å². The molecule has 0 N–H and O–H groups in total. The van der Waals surface area contributed by atoms with Gasteiger partial charge in [-0.05, 0) is 48.4 Å². The molecule has 0 aliphatic heterocycles. The molecule has 1 aromatic carbocycles. The number of aryl methyl sites for hydroxylation is 2. The minimum absolute atomic E-state index is 0.826. The second-order valence-electron chi connectivity index (χ2n) is 4.22. The van der Waals surface area contributed by atoms with Gasteiger partial charge in [0.1, 0.15) is 0 Å². The van der Waals surface area contributed by atoms with Crippen molar-refractivity contribution in [1.29, 1.82) is 0 Å². The summed E-state index contributed by atoms with van der Waals surface area (Å²) in [6.45, 7) is 6.72. The number of hydrogen-bond acceptors (Lipinski definition) is 0. The molecule has 3 heteroatoms. The third-order valence-electron chi connectivity index (χ3n) is 3.15. The fraction of sp³-hybridized carbons (Fsp3) is 0.429. The first-order chi connectivity index (χ1) is 8.17. The third kappa shape index (κ3) is 3.95. The van der Waals surface area contributed by atoms with E-state index in [0.29, 0.717) is 0 Å². The Morgan fingerprint density at radius 1 is 1.12 bits per heavy atom. The van der Waals surface area contributed by atoms with E-state index < -0.39 is 20.8 Å². The van der Waals surface area contributed by atoms with Crippen LogP contribution in [0.4, 0.5) is 0 Å². The van der Waals surface area contributed by atoms with Crippen molar-refractivity contribution >= 4 is 23.1 Å². The molecule has 0 saturated heterocycles. The summed E-state index contributed by atoms with van der Waals surface area (Å²) in [6, 6.07) is 4.61. The molecule has 2 rings (SSSR count). The number of benzene rings is 1. The van der Waals surface area contributed by atoms with Crippen LogP contribution in [0, 0.1) is 0 Å². The minimum atomic E-state index is -0.826. The Morgan fingerprint density at radius 2 is 1.65 bits per heavy atom. The molecule has 17 heavy (non-hydrogen) atoms. The molecule has 0 unspecified atom stereocenters. The van der Waals surface area contributed by atoms with Gasteiger partial charge in [-0.3, -0.25) is 0 Å². The summed E-state index contributed by atoms with van der Waals surface area (Å²) in [6.07, 6.45) is 5.85. The van der Waals surface area contributed by atoms with Crippen LogP contribution in [0.1, 0.15) is 43.0 Å². The van der Waals surface area contributed by atoms with Gasteiger partial charge in [0.2, 0.25) is 0 Å². The molecule has 0 spiro atoms. The van der Waals surface area contributed by atoms with E-state index in [1.54, 1.807) is 5.56 Å². The van der Waals surface area contributed by atoms with Crippen molar-refractivity contribution in [3.05, 3.63) is 40.0 Å². The molecular weight excluding hydrogens is 330 g/mol. The van der Waals surface area contributed by atoms with E-state index in [-0.39, 0.29) is 0 Å². The van der Waals surface area contributed by atoms with E-state index in [1.165, 1.54) is 28.7 Å². The van der Waals surface area contributed by atoms with Crippen molar-refractivity contribution in [2.24, 2.45) is 0 Å². The number of hydrogen-bond donors (Lipinski definition) is 0. The molecule has 1 aliphatic rings. The Bertz CT molecular complexity index is 411. The predicted octanol–water partition coefficient (Wildman–Crippen LogP) is 5.15. The topological polar surface area (TPSA) is 0 Å². The molecule has 0 radical (unpaired) electrons. The zero-order valence-corrected chi connectivity index (χ0v) is 14.6. The normalized spacial score (nSPS) is 12.4. The Labute approximate surface area is 123 Å². The van der Waals surface area contributed by atoms with Crippen LogP contribution in [0.3, 0.4) is 0 Å². The second kappa shape index (κ2) is 7.77. The van der Waals surface area contributed by atoms with Crippen LogP contribution in [0.25, 0.3) is 6.08 Å². The molecule has 0 nitrogen and oxygen atoms in total. The molecule has 0 amide bonds. The van der Waals surface area contributed by atoms with Gasteiger partial charge >= 0.3 is 37.9 Å². The molecule has 92 valence electrons. The third-order valence-corrected chi connectivity index (χ3v) is 3.15. The average Bonchev–Trinajstić information content (AvgIpc) is 2.70. The second-order valence-corrected chi connectivity index (χ2v) is 7.95. The van der Waals surface area contributed by atoms with Crippen LogP contribution in [-0.2, 0) is 40.1 Å². The quantitative estimate of drug-likeness (QED) is 0.694. The van der Waals surface area contributed by atoms with Crippen molar-refractivity contribution in [3.63, 3.8) is 0 Å². The summed E-state index contributed by atoms with van der Waals surface area (Å²) in [4.78, 5) is 0. The van der Waals surface area contributed by atoms with E-state index in [9.17, 15) is 0 Å². The van der Waals surface area contributed by atoms with Crippen molar-refractivity contribution in [2.75, 3.05) is 0 Å². The maximum atomic E-state index is 4.93. The Morgan fingerprint density at radius 3 is 2.18 bits per heavy atom. The molecule has 0 saturated carbocycles. The summed E-state index contributed by atoms with van der Waals surface area (Å²) in [5, 5.41) is 0. The molecule has 0 aromatic heterocycles. The first-order valence-electron chi connectivity index (χ1n) is 5.94. The summed E-state index contributed by atoms with van der Waals surface area (Å²) >= 11 is -0.826. The van der Waals surface area contributed by atoms with Gasteiger partial charge in [0.25, 0.3) is 0 Å². The van der Waals surface area contributed by atoms with E-state index in [0.717, 1.165) is 12.8 Å². The van der Waals surface area contributed by atoms with Crippen molar-refractivity contribution in [1.82, 2.24) is 0 Å². The van der Waals surface area contributed by atoms with Crippen LogP contribution in [0.2, 0.25) is 0 Å². The van der Waals surface area contributed by atoms with E-state index in [1.807, 2.05) is 0 Å². The summed E-state index contributed by atoms with van der Waals surface area (Å²) in [5.74, 6) is 0. The first kappa shape index (κ1) is 15.5. The predicted molar refractivity (Wildman–Crippen MR) is 74.3 cm³/mol. The molecule has 1 aromatic rings. The van der Waals surface area contributed by atoms with Gasteiger partial charge < -0.3 is 0 Å². The Balaban J connectivity index is 0.000000437.